The van der Waals surface area contributed by atoms with Crippen LogP contribution < -0.4 is 0 Å². The van der Waals surface area contributed by atoms with Crippen LogP contribution in [0.2, 0.25) is 5.02 Å². The van der Waals surface area contributed by atoms with Crippen molar-refractivity contribution in [1.82, 2.24) is 9.55 Å². The summed E-state index contributed by atoms with van der Waals surface area (Å²) in [5.74, 6) is -0.956. The molecule has 7 heteroatoms. The van der Waals surface area contributed by atoms with Gasteiger partial charge in [0.1, 0.15) is 5.52 Å². The van der Waals surface area contributed by atoms with Crippen LogP contribution in [0, 0.1) is 0 Å². The van der Waals surface area contributed by atoms with Gasteiger partial charge in [0.05, 0.1) is 10.5 Å². The summed E-state index contributed by atoms with van der Waals surface area (Å²) < 4.78 is 39.3. The van der Waals surface area contributed by atoms with Gasteiger partial charge in [-0.3, -0.25) is 0 Å². The third-order valence-corrected chi connectivity index (χ3v) is 2.90. The quantitative estimate of drug-likeness (QED) is 0.718. The number of imidazole rings is 1. The van der Waals surface area contributed by atoms with Crippen molar-refractivity contribution in [3.8, 4) is 0 Å². The van der Waals surface area contributed by atoms with Crippen molar-refractivity contribution in [2.75, 3.05) is 0 Å². The van der Waals surface area contributed by atoms with Crippen molar-refractivity contribution in [2.24, 2.45) is 7.05 Å². The molecule has 0 amide bonds. The lowest BCUT2D eigenvalue weighted by Crippen LogP contribution is -2.12. The van der Waals surface area contributed by atoms with E-state index in [1.165, 1.54) is 13.1 Å². The molecule has 0 aliphatic heterocycles. The van der Waals surface area contributed by atoms with Crippen molar-refractivity contribution < 1.29 is 13.2 Å². The van der Waals surface area contributed by atoms with E-state index in [2.05, 4.69) is 20.9 Å². The van der Waals surface area contributed by atoms with Gasteiger partial charge in [-0.1, -0.05) is 27.5 Å². The number of alkyl halides is 3. The number of hydrogen-bond acceptors (Lipinski definition) is 1. The number of nitrogens with zero attached hydrogens (tertiary/aromatic N) is 2. The summed E-state index contributed by atoms with van der Waals surface area (Å²) in [5.41, 5.74) is 0.492. The van der Waals surface area contributed by atoms with Crippen LogP contribution in [0.25, 0.3) is 11.0 Å². The number of halogens is 5. The lowest BCUT2D eigenvalue weighted by Gasteiger charge is -2.05. The molecule has 2 rings (SSSR count). The highest BCUT2D eigenvalue weighted by Crippen LogP contribution is 2.34. The molecule has 0 N–H and O–H groups in total. The molecule has 1 aromatic carbocycles. The van der Waals surface area contributed by atoms with Gasteiger partial charge in [-0.25, -0.2) is 4.98 Å². The molecular formula is C9H5BrClF3N2. The molecule has 1 aromatic heterocycles. The molecule has 0 saturated heterocycles. The average Bonchev–Trinajstić information content (AvgIpc) is 2.43. The van der Waals surface area contributed by atoms with Crippen molar-refractivity contribution in [3.05, 3.63) is 27.5 Å². The third kappa shape index (κ3) is 1.80. The minimum Gasteiger partial charge on any atom is -0.323 e. The average molecular weight is 314 g/mol. The molecule has 0 fully saturated rings. The molecule has 2 nitrogen and oxygen atoms in total. The molecular weight excluding hydrogens is 308 g/mol. The van der Waals surface area contributed by atoms with Crippen LogP contribution >= 0.6 is 27.5 Å². The topological polar surface area (TPSA) is 17.8 Å². The zero-order valence-corrected chi connectivity index (χ0v) is 10.3. The maximum Gasteiger partial charge on any atom is 0.449 e. The largest absolute Gasteiger partial charge is 0.449 e. The molecule has 0 spiro atoms. The smallest absolute Gasteiger partial charge is 0.323 e. The number of benzene rings is 1. The summed E-state index contributed by atoms with van der Waals surface area (Å²) in [6.45, 7) is 0. The number of aromatic nitrogens is 2. The molecule has 0 aliphatic carbocycles. The van der Waals surface area contributed by atoms with Gasteiger partial charge < -0.3 is 4.57 Å². The first-order chi connectivity index (χ1) is 7.30. The van der Waals surface area contributed by atoms with Gasteiger partial charge in [0.2, 0.25) is 5.82 Å². The second kappa shape index (κ2) is 3.63. The van der Waals surface area contributed by atoms with Crippen molar-refractivity contribution >= 4 is 38.6 Å². The Kier molecular flexibility index (Phi) is 2.66. The van der Waals surface area contributed by atoms with E-state index < -0.39 is 12.0 Å². The molecule has 86 valence electrons. The Balaban J connectivity index is 2.83. The maximum atomic E-state index is 12.6. The van der Waals surface area contributed by atoms with E-state index in [9.17, 15) is 13.2 Å². The second-order valence-corrected chi connectivity index (χ2v) is 4.57. The minimum atomic E-state index is -4.48. The predicted octanol–water partition coefficient (Wildman–Crippen LogP) is 4.01. The molecule has 0 aliphatic rings. The minimum absolute atomic E-state index is 0.152. The monoisotopic (exact) mass is 312 g/mol. The molecule has 0 atom stereocenters. The number of hydrogen-bond donors (Lipinski definition) is 0. The summed E-state index contributed by atoms with van der Waals surface area (Å²) in [4.78, 5) is 3.51. The van der Waals surface area contributed by atoms with Gasteiger partial charge >= 0.3 is 6.18 Å². The molecule has 0 bridgehead atoms. The van der Waals surface area contributed by atoms with Crippen LogP contribution in [-0.4, -0.2) is 9.55 Å². The van der Waals surface area contributed by atoms with Gasteiger partial charge in [0.25, 0.3) is 0 Å². The lowest BCUT2D eigenvalue weighted by molar-refractivity contribution is -0.146. The van der Waals surface area contributed by atoms with Crippen LogP contribution in [0.5, 0.6) is 0 Å². The van der Waals surface area contributed by atoms with Crippen LogP contribution in [-0.2, 0) is 13.2 Å². The Hall–Kier alpha value is -0.750. The van der Waals surface area contributed by atoms with Crippen molar-refractivity contribution in [3.63, 3.8) is 0 Å². The first-order valence-corrected chi connectivity index (χ1v) is 5.36. The molecule has 0 unspecified atom stereocenters. The Labute approximate surface area is 102 Å². The Morgan fingerprint density at radius 3 is 2.56 bits per heavy atom. The maximum absolute atomic E-state index is 12.6. The molecule has 2 aromatic rings. The van der Waals surface area contributed by atoms with Gasteiger partial charge in [0.15, 0.2) is 0 Å². The summed E-state index contributed by atoms with van der Waals surface area (Å²) in [5, 5.41) is 0.190. The van der Waals surface area contributed by atoms with Gasteiger partial charge in [-0.05, 0) is 12.1 Å². The SMILES string of the molecule is Cn1c(C(F)(F)F)nc2c(Cl)cc(Br)cc21. The van der Waals surface area contributed by atoms with E-state index in [0.29, 0.717) is 9.99 Å². The Morgan fingerprint density at radius 1 is 1.38 bits per heavy atom. The van der Waals surface area contributed by atoms with Crippen LogP contribution in [0.4, 0.5) is 13.2 Å². The summed E-state index contributed by atoms with van der Waals surface area (Å²) in [7, 11) is 1.31. The predicted molar refractivity (Wildman–Crippen MR) is 58.4 cm³/mol. The zero-order valence-electron chi connectivity index (χ0n) is 7.94. The normalized spacial score (nSPS) is 12.4. The molecule has 0 radical (unpaired) electrons. The fourth-order valence-corrected chi connectivity index (χ4v) is 2.30. The first kappa shape index (κ1) is 11.7. The summed E-state index contributed by atoms with van der Waals surface area (Å²) >= 11 is 8.99. The molecule has 1 heterocycles. The third-order valence-electron chi connectivity index (χ3n) is 2.16. The lowest BCUT2D eigenvalue weighted by atomic mass is 10.3. The Morgan fingerprint density at radius 2 is 2.00 bits per heavy atom. The van der Waals surface area contributed by atoms with Gasteiger partial charge in [0, 0.05) is 11.5 Å². The van der Waals surface area contributed by atoms with E-state index in [0.717, 1.165) is 4.57 Å². The van der Waals surface area contributed by atoms with E-state index in [1.807, 2.05) is 0 Å². The summed E-state index contributed by atoms with van der Waals surface area (Å²) in [6, 6.07) is 3.06. The number of aryl methyl sites for hydroxylation is 1. The fraction of sp³-hybridized carbons (Fsp3) is 0.222. The van der Waals surface area contributed by atoms with E-state index in [-0.39, 0.29) is 10.5 Å². The molecule has 0 saturated carbocycles. The van der Waals surface area contributed by atoms with E-state index in [1.54, 1.807) is 6.07 Å². The molecule has 16 heavy (non-hydrogen) atoms. The highest BCUT2D eigenvalue weighted by atomic mass is 79.9. The zero-order chi connectivity index (χ0) is 12.1. The highest BCUT2D eigenvalue weighted by molar-refractivity contribution is 9.10. The van der Waals surface area contributed by atoms with Crippen molar-refractivity contribution in [1.29, 1.82) is 0 Å². The second-order valence-electron chi connectivity index (χ2n) is 3.25. The van der Waals surface area contributed by atoms with Crippen LogP contribution in [0.1, 0.15) is 5.82 Å². The van der Waals surface area contributed by atoms with Crippen LogP contribution in [0.15, 0.2) is 16.6 Å². The number of fused-ring (bicyclic) bond motifs is 1. The van der Waals surface area contributed by atoms with E-state index >= 15 is 0 Å². The highest BCUT2D eigenvalue weighted by Gasteiger charge is 2.37. The first-order valence-electron chi connectivity index (χ1n) is 4.19. The standard InChI is InChI=1S/C9H5BrClF3N2/c1-16-6-3-4(10)2-5(11)7(6)15-8(16)9(12,13)14/h2-3H,1H3. The Bertz CT molecular complexity index is 562. The number of rotatable bonds is 0. The van der Waals surface area contributed by atoms with Gasteiger partial charge in [-0.2, -0.15) is 13.2 Å². The van der Waals surface area contributed by atoms with Crippen LogP contribution in [0.3, 0.4) is 0 Å². The van der Waals surface area contributed by atoms with Crippen molar-refractivity contribution in [2.45, 2.75) is 6.18 Å². The summed E-state index contributed by atoms with van der Waals surface area (Å²) in [6.07, 6.45) is -4.48. The van der Waals surface area contributed by atoms with E-state index in [4.69, 9.17) is 11.6 Å². The fourth-order valence-electron chi connectivity index (χ4n) is 1.47. The van der Waals surface area contributed by atoms with Gasteiger partial charge in [-0.15, -0.1) is 0 Å².